The molecule has 2 rings (SSSR count). The van der Waals surface area contributed by atoms with Crippen LogP contribution < -0.4 is 9.47 Å². The molecular formula is C23H32O3. The Morgan fingerprint density at radius 1 is 1.23 bits per heavy atom. The first-order valence-electron chi connectivity index (χ1n) is 9.33. The van der Waals surface area contributed by atoms with Gasteiger partial charge in [-0.1, -0.05) is 29.4 Å². The highest BCUT2D eigenvalue weighted by Crippen LogP contribution is 2.43. The van der Waals surface area contributed by atoms with Crippen LogP contribution >= 0.6 is 0 Å². The zero-order chi connectivity index (χ0) is 19.3. The van der Waals surface area contributed by atoms with E-state index in [1.165, 1.54) is 11.1 Å². The Bertz CT molecular complexity index is 736. The first-order chi connectivity index (χ1) is 12.3. The van der Waals surface area contributed by atoms with E-state index in [-0.39, 0.29) is 11.4 Å². The van der Waals surface area contributed by atoms with Crippen LogP contribution in [0.25, 0.3) is 6.08 Å². The lowest BCUT2D eigenvalue weighted by Crippen LogP contribution is -2.31. The quantitative estimate of drug-likeness (QED) is 0.579. The Kier molecular flexibility index (Phi) is 6.57. The van der Waals surface area contributed by atoms with Gasteiger partial charge in [0.15, 0.2) is 11.5 Å². The van der Waals surface area contributed by atoms with Crippen LogP contribution in [0.3, 0.4) is 0 Å². The standard InChI is InChI=1S/C23H32O3/c1-16(2)9-7-10-17(3)11-8-13-23(5)14-12-19-18(4)22(24)21(25-6)15-20(19)26-23/h9,11-12,14-15,24H,7-8,10,13H2,1-6H3. The number of benzene rings is 1. The van der Waals surface area contributed by atoms with Crippen molar-refractivity contribution in [3.05, 3.63) is 46.6 Å². The molecule has 0 radical (unpaired) electrons. The Hall–Kier alpha value is -2.16. The van der Waals surface area contributed by atoms with E-state index in [2.05, 4.69) is 52.0 Å². The molecule has 1 heterocycles. The number of phenolic OH excluding ortho intramolecular Hbond substituents is 1. The molecule has 1 aliphatic rings. The number of rotatable bonds is 7. The fourth-order valence-corrected chi connectivity index (χ4v) is 3.18. The number of aromatic hydroxyl groups is 1. The molecule has 0 fully saturated rings. The third-order valence-electron chi connectivity index (χ3n) is 4.91. The minimum absolute atomic E-state index is 0.179. The molecule has 1 aliphatic heterocycles. The predicted molar refractivity (Wildman–Crippen MR) is 109 cm³/mol. The summed E-state index contributed by atoms with van der Waals surface area (Å²) >= 11 is 0. The zero-order valence-electron chi connectivity index (χ0n) is 17.0. The average molecular weight is 357 g/mol. The van der Waals surface area contributed by atoms with Crippen molar-refractivity contribution in [2.45, 2.75) is 65.9 Å². The summed E-state index contributed by atoms with van der Waals surface area (Å²) in [5.74, 6) is 1.40. The second-order valence-corrected chi connectivity index (χ2v) is 7.62. The second kappa shape index (κ2) is 8.48. The molecule has 0 saturated carbocycles. The molecule has 1 aromatic rings. The molecular weight excluding hydrogens is 324 g/mol. The van der Waals surface area contributed by atoms with Crippen LogP contribution in [0.2, 0.25) is 0 Å². The fourth-order valence-electron chi connectivity index (χ4n) is 3.18. The van der Waals surface area contributed by atoms with E-state index in [1.807, 2.05) is 6.92 Å². The van der Waals surface area contributed by atoms with Gasteiger partial charge in [-0.2, -0.15) is 0 Å². The molecule has 0 aliphatic carbocycles. The molecule has 0 aromatic heterocycles. The SMILES string of the molecule is COc1cc2c(c(C)c1O)C=CC(C)(CCC=C(C)CCC=C(C)C)O2. The van der Waals surface area contributed by atoms with Gasteiger partial charge in [-0.25, -0.2) is 0 Å². The maximum atomic E-state index is 10.2. The third-order valence-corrected chi connectivity index (χ3v) is 4.91. The molecule has 1 atom stereocenters. The van der Waals surface area contributed by atoms with Gasteiger partial charge in [0, 0.05) is 17.2 Å². The summed E-state index contributed by atoms with van der Waals surface area (Å²) < 4.78 is 11.5. The van der Waals surface area contributed by atoms with Crippen molar-refractivity contribution in [2.24, 2.45) is 0 Å². The zero-order valence-corrected chi connectivity index (χ0v) is 17.0. The van der Waals surface area contributed by atoms with Crippen LogP contribution in [0.5, 0.6) is 17.2 Å². The summed E-state index contributed by atoms with van der Waals surface area (Å²) in [6, 6.07) is 1.78. The van der Waals surface area contributed by atoms with E-state index >= 15 is 0 Å². The highest BCUT2D eigenvalue weighted by Gasteiger charge is 2.29. The van der Waals surface area contributed by atoms with E-state index < -0.39 is 0 Å². The molecule has 1 unspecified atom stereocenters. The van der Waals surface area contributed by atoms with Crippen molar-refractivity contribution < 1.29 is 14.6 Å². The van der Waals surface area contributed by atoms with Crippen molar-refractivity contribution in [1.29, 1.82) is 0 Å². The summed E-state index contributed by atoms with van der Waals surface area (Å²) in [5, 5.41) is 10.2. The Morgan fingerprint density at radius 2 is 1.96 bits per heavy atom. The van der Waals surface area contributed by atoms with Gasteiger partial charge in [0.1, 0.15) is 11.4 Å². The molecule has 26 heavy (non-hydrogen) atoms. The minimum Gasteiger partial charge on any atom is -0.504 e. The molecule has 0 bridgehead atoms. The number of hydrogen-bond donors (Lipinski definition) is 1. The van der Waals surface area contributed by atoms with Gasteiger partial charge >= 0.3 is 0 Å². The van der Waals surface area contributed by atoms with Crippen LogP contribution in [-0.2, 0) is 0 Å². The Balaban J connectivity index is 2.03. The molecule has 142 valence electrons. The maximum Gasteiger partial charge on any atom is 0.164 e. The first kappa shape index (κ1) is 20.2. The average Bonchev–Trinajstić information content (AvgIpc) is 2.57. The highest BCUT2D eigenvalue weighted by atomic mass is 16.5. The van der Waals surface area contributed by atoms with Gasteiger partial charge in [-0.05, 0) is 66.4 Å². The molecule has 3 heteroatoms. The van der Waals surface area contributed by atoms with Crippen LogP contribution in [-0.4, -0.2) is 17.8 Å². The molecule has 0 saturated heterocycles. The summed E-state index contributed by atoms with van der Waals surface area (Å²) in [6.07, 6.45) is 12.9. The lowest BCUT2D eigenvalue weighted by molar-refractivity contribution is 0.128. The number of phenols is 1. The Labute approximate surface area is 158 Å². The van der Waals surface area contributed by atoms with Crippen LogP contribution in [0.1, 0.15) is 64.5 Å². The number of ether oxygens (including phenoxy) is 2. The van der Waals surface area contributed by atoms with Crippen molar-refractivity contribution in [3.63, 3.8) is 0 Å². The van der Waals surface area contributed by atoms with Crippen molar-refractivity contribution in [3.8, 4) is 17.2 Å². The van der Waals surface area contributed by atoms with Crippen LogP contribution in [0.4, 0.5) is 0 Å². The minimum atomic E-state index is -0.349. The number of allylic oxidation sites excluding steroid dienone is 4. The predicted octanol–water partition coefficient (Wildman–Crippen LogP) is 6.35. The number of methoxy groups -OCH3 is 1. The topological polar surface area (TPSA) is 38.7 Å². The van der Waals surface area contributed by atoms with E-state index in [0.29, 0.717) is 5.75 Å². The van der Waals surface area contributed by atoms with Gasteiger partial charge in [0.25, 0.3) is 0 Å². The monoisotopic (exact) mass is 356 g/mol. The molecule has 1 N–H and O–H groups in total. The summed E-state index contributed by atoms with van der Waals surface area (Å²) in [4.78, 5) is 0. The third kappa shape index (κ3) is 4.94. The summed E-state index contributed by atoms with van der Waals surface area (Å²) in [6.45, 7) is 10.5. The van der Waals surface area contributed by atoms with Gasteiger partial charge < -0.3 is 14.6 Å². The van der Waals surface area contributed by atoms with Crippen molar-refractivity contribution in [2.75, 3.05) is 7.11 Å². The normalized spacial score (nSPS) is 18.9. The molecule has 0 amide bonds. The first-order valence-corrected chi connectivity index (χ1v) is 9.33. The van der Waals surface area contributed by atoms with Crippen LogP contribution in [0, 0.1) is 6.92 Å². The van der Waals surface area contributed by atoms with Gasteiger partial charge in [0.05, 0.1) is 7.11 Å². The Morgan fingerprint density at radius 3 is 2.62 bits per heavy atom. The molecule has 1 aromatic carbocycles. The van der Waals surface area contributed by atoms with E-state index in [1.54, 1.807) is 13.2 Å². The fraction of sp³-hybridized carbons (Fsp3) is 0.478. The lowest BCUT2D eigenvalue weighted by atomic mass is 9.92. The summed E-state index contributed by atoms with van der Waals surface area (Å²) in [7, 11) is 1.56. The van der Waals surface area contributed by atoms with Crippen molar-refractivity contribution >= 4 is 6.08 Å². The molecule has 3 nitrogen and oxygen atoms in total. The van der Waals surface area contributed by atoms with Gasteiger partial charge in [0.2, 0.25) is 0 Å². The lowest BCUT2D eigenvalue weighted by Gasteiger charge is -2.32. The highest BCUT2D eigenvalue weighted by molar-refractivity contribution is 5.70. The smallest absolute Gasteiger partial charge is 0.164 e. The molecule has 0 spiro atoms. The largest absolute Gasteiger partial charge is 0.504 e. The van der Waals surface area contributed by atoms with Gasteiger partial charge in [-0.3, -0.25) is 0 Å². The van der Waals surface area contributed by atoms with E-state index in [0.717, 1.165) is 42.6 Å². The van der Waals surface area contributed by atoms with E-state index in [9.17, 15) is 5.11 Å². The second-order valence-electron chi connectivity index (χ2n) is 7.62. The maximum absolute atomic E-state index is 10.2. The van der Waals surface area contributed by atoms with Crippen molar-refractivity contribution in [1.82, 2.24) is 0 Å². The number of fused-ring (bicyclic) bond motifs is 1. The van der Waals surface area contributed by atoms with Crippen LogP contribution in [0.15, 0.2) is 35.4 Å². The number of hydrogen-bond acceptors (Lipinski definition) is 3. The summed E-state index contributed by atoms with van der Waals surface area (Å²) in [5.41, 5.74) is 4.16. The van der Waals surface area contributed by atoms with Gasteiger partial charge in [-0.15, -0.1) is 0 Å². The van der Waals surface area contributed by atoms with E-state index in [4.69, 9.17) is 9.47 Å².